The number of carbonyl (C=O) groups is 2. The smallest absolute Gasteiger partial charge is 0.242 e. The van der Waals surface area contributed by atoms with Gasteiger partial charge in [-0.25, -0.2) is 0 Å². The van der Waals surface area contributed by atoms with Crippen molar-refractivity contribution in [2.75, 3.05) is 47.1 Å². The molecule has 28 heavy (non-hydrogen) atoms. The zero-order valence-electron chi connectivity index (χ0n) is 17.6. The summed E-state index contributed by atoms with van der Waals surface area (Å²) in [6.07, 6.45) is 6.77. The fraction of sp³-hybridized carbons (Fsp3) is 0.714. The monoisotopic (exact) mass is 393 g/mol. The van der Waals surface area contributed by atoms with Gasteiger partial charge < -0.3 is 23.8 Å². The number of aryl methyl sites for hydroxylation is 1. The number of hydrogen-bond acceptors (Lipinski definition) is 4. The maximum absolute atomic E-state index is 13.1. The maximum Gasteiger partial charge on any atom is 0.242 e. The van der Waals surface area contributed by atoms with Crippen LogP contribution in [0.15, 0.2) is 18.3 Å². The summed E-state index contributed by atoms with van der Waals surface area (Å²) in [4.78, 5) is 29.6. The molecule has 2 rings (SSSR count). The lowest BCUT2D eigenvalue weighted by Crippen LogP contribution is -2.46. The molecule has 7 heteroatoms. The van der Waals surface area contributed by atoms with Gasteiger partial charge in [0.1, 0.15) is 0 Å². The van der Waals surface area contributed by atoms with E-state index in [0.717, 1.165) is 37.8 Å². The Hall–Kier alpha value is -1.86. The van der Waals surface area contributed by atoms with E-state index in [1.54, 1.807) is 24.0 Å². The van der Waals surface area contributed by atoms with Crippen LogP contribution in [0.1, 0.15) is 37.8 Å². The Morgan fingerprint density at radius 1 is 1.11 bits per heavy atom. The number of hydrogen-bond donors (Lipinski definition) is 0. The Labute approximate surface area is 168 Å². The van der Waals surface area contributed by atoms with Gasteiger partial charge in [0.15, 0.2) is 0 Å². The minimum Gasteiger partial charge on any atom is -0.385 e. The van der Waals surface area contributed by atoms with Gasteiger partial charge in [-0.3, -0.25) is 9.59 Å². The fourth-order valence-electron chi connectivity index (χ4n) is 3.71. The Bertz CT molecular complexity index is 611. The highest BCUT2D eigenvalue weighted by atomic mass is 16.5. The summed E-state index contributed by atoms with van der Waals surface area (Å²) in [5, 5.41) is 0. The van der Waals surface area contributed by atoms with Crippen LogP contribution in [0.2, 0.25) is 0 Å². The number of rotatable bonds is 12. The van der Waals surface area contributed by atoms with E-state index in [-0.39, 0.29) is 24.3 Å². The lowest BCUT2D eigenvalue weighted by atomic mass is 10.1. The number of ether oxygens (including phenoxy) is 2. The minimum absolute atomic E-state index is 0.0398. The van der Waals surface area contributed by atoms with Gasteiger partial charge in [0.2, 0.25) is 11.8 Å². The number of aromatic nitrogens is 1. The lowest BCUT2D eigenvalue weighted by Gasteiger charge is -2.29. The average Bonchev–Trinajstić information content (AvgIpc) is 3.36. The van der Waals surface area contributed by atoms with E-state index >= 15 is 0 Å². The zero-order valence-corrected chi connectivity index (χ0v) is 17.6. The summed E-state index contributed by atoms with van der Waals surface area (Å²) < 4.78 is 12.3. The highest BCUT2D eigenvalue weighted by molar-refractivity contribution is 5.86. The molecule has 0 saturated heterocycles. The highest BCUT2D eigenvalue weighted by Gasteiger charge is 2.29. The third-order valence-corrected chi connectivity index (χ3v) is 5.44. The molecule has 1 aliphatic rings. The molecule has 1 aromatic rings. The van der Waals surface area contributed by atoms with Crippen molar-refractivity contribution in [1.29, 1.82) is 0 Å². The van der Waals surface area contributed by atoms with Crippen LogP contribution >= 0.6 is 0 Å². The molecule has 0 aliphatic heterocycles. The Morgan fingerprint density at radius 2 is 1.82 bits per heavy atom. The van der Waals surface area contributed by atoms with Crippen LogP contribution in [0.25, 0.3) is 0 Å². The quantitative estimate of drug-likeness (QED) is 0.510. The van der Waals surface area contributed by atoms with Crippen molar-refractivity contribution in [2.45, 2.75) is 38.6 Å². The van der Waals surface area contributed by atoms with Crippen LogP contribution in [0.3, 0.4) is 0 Å². The van der Waals surface area contributed by atoms with Crippen molar-refractivity contribution < 1.29 is 19.1 Å². The predicted octanol–water partition coefficient (Wildman–Crippen LogP) is 2.06. The van der Waals surface area contributed by atoms with Gasteiger partial charge in [0.05, 0.1) is 19.7 Å². The molecule has 0 aromatic carbocycles. The molecule has 0 spiro atoms. The second kappa shape index (κ2) is 11.9. The third-order valence-electron chi connectivity index (χ3n) is 5.44. The molecule has 1 fully saturated rings. The largest absolute Gasteiger partial charge is 0.385 e. The number of carbonyl (C=O) groups excluding carboxylic acids is 2. The van der Waals surface area contributed by atoms with Crippen molar-refractivity contribution in [3.63, 3.8) is 0 Å². The van der Waals surface area contributed by atoms with Gasteiger partial charge in [-0.1, -0.05) is 12.8 Å². The summed E-state index contributed by atoms with van der Waals surface area (Å²) in [5.41, 5.74) is 1.05. The lowest BCUT2D eigenvalue weighted by molar-refractivity contribution is -0.143. The topological polar surface area (TPSA) is 64.0 Å². The van der Waals surface area contributed by atoms with E-state index in [9.17, 15) is 9.59 Å². The first-order valence-electron chi connectivity index (χ1n) is 10.2. The van der Waals surface area contributed by atoms with Crippen molar-refractivity contribution in [1.82, 2.24) is 14.4 Å². The normalized spacial score (nSPS) is 14.4. The molecule has 0 N–H and O–H groups in total. The molecule has 1 saturated carbocycles. The van der Waals surface area contributed by atoms with E-state index in [0.29, 0.717) is 32.8 Å². The first-order valence-corrected chi connectivity index (χ1v) is 10.2. The van der Waals surface area contributed by atoms with Crippen LogP contribution in [-0.2, 0) is 32.7 Å². The van der Waals surface area contributed by atoms with E-state index in [4.69, 9.17) is 9.47 Å². The third kappa shape index (κ3) is 6.63. The summed E-state index contributed by atoms with van der Waals surface area (Å²) in [6.45, 7) is 2.74. The van der Waals surface area contributed by atoms with E-state index in [2.05, 4.69) is 0 Å². The second-order valence-corrected chi connectivity index (χ2v) is 7.51. The first-order chi connectivity index (χ1) is 13.6. The molecule has 2 amide bonds. The van der Waals surface area contributed by atoms with Crippen LogP contribution < -0.4 is 0 Å². The van der Waals surface area contributed by atoms with Crippen molar-refractivity contribution in [2.24, 2.45) is 13.0 Å². The SMILES string of the molecule is COCCCN(CC(=O)N(CCOC)Cc1cccn1C)C(=O)C1CCCC1. The number of nitrogens with zero attached hydrogens (tertiary/aromatic N) is 3. The first kappa shape index (κ1) is 22.4. The van der Waals surface area contributed by atoms with Crippen LogP contribution in [0.4, 0.5) is 0 Å². The van der Waals surface area contributed by atoms with E-state index < -0.39 is 0 Å². The zero-order chi connectivity index (χ0) is 20.4. The summed E-state index contributed by atoms with van der Waals surface area (Å²) in [6, 6.07) is 3.97. The molecule has 7 nitrogen and oxygen atoms in total. The van der Waals surface area contributed by atoms with Gasteiger partial charge in [-0.2, -0.15) is 0 Å². The fourth-order valence-corrected chi connectivity index (χ4v) is 3.71. The van der Waals surface area contributed by atoms with Gasteiger partial charge in [-0.15, -0.1) is 0 Å². The molecule has 1 aliphatic carbocycles. The molecular weight excluding hydrogens is 358 g/mol. The van der Waals surface area contributed by atoms with Crippen LogP contribution in [0.5, 0.6) is 0 Å². The van der Waals surface area contributed by atoms with Crippen molar-refractivity contribution >= 4 is 11.8 Å². The average molecular weight is 394 g/mol. The molecule has 0 atom stereocenters. The van der Waals surface area contributed by atoms with Gasteiger partial charge in [0, 0.05) is 58.8 Å². The second-order valence-electron chi connectivity index (χ2n) is 7.51. The summed E-state index contributed by atoms with van der Waals surface area (Å²) in [5.74, 6) is 0.144. The predicted molar refractivity (Wildman–Crippen MR) is 108 cm³/mol. The Balaban J connectivity index is 2.05. The van der Waals surface area contributed by atoms with Crippen molar-refractivity contribution in [3.05, 3.63) is 24.0 Å². The van der Waals surface area contributed by atoms with Gasteiger partial charge in [0.25, 0.3) is 0 Å². The minimum atomic E-state index is -0.0398. The molecule has 1 heterocycles. The number of amides is 2. The van der Waals surface area contributed by atoms with Crippen molar-refractivity contribution in [3.8, 4) is 0 Å². The molecule has 158 valence electrons. The standard InChI is InChI=1S/C21H35N3O4/c1-22-11-6-10-19(22)16-23(13-15-28-3)20(25)17-24(12-7-14-27-2)21(26)18-8-4-5-9-18/h6,10-11,18H,4-5,7-9,12-17H2,1-3H3. The van der Waals surface area contributed by atoms with Gasteiger partial charge in [-0.05, 0) is 31.4 Å². The Kier molecular flexibility index (Phi) is 9.50. The summed E-state index contributed by atoms with van der Waals surface area (Å²) >= 11 is 0. The number of methoxy groups -OCH3 is 2. The van der Waals surface area contributed by atoms with Crippen LogP contribution in [0, 0.1) is 5.92 Å². The Morgan fingerprint density at radius 3 is 2.43 bits per heavy atom. The van der Waals surface area contributed by atoms with E-state index in [1.807, 2.05) is 29.9 Å². The maximum atomic E-state index is 13.1. The molecular formula is C21H35N3O4. The highest BCUT2D eigenvalue weighted by Crippen LogP contribution is 2.26. The van der Waals surface area contributed by atoms with Crippen LogP contribution in [-0.4, -0.2) is 73.2 Å². The molecule has 1 aromatic heterocycles. The van der Waals surface area contributed by atoms with Gasteiger partial charge >= 0.3 is 0 Å². The molecule has 0 radical (unpaired) electrons. The summed E-state index contributed by atoms with van der Waals surface area (Å²) in [7, 11) is 5.25. The molecule has 0 unspecified atom stereocenters. The molecule has 0 bridgehead atoms. The van der Waals surface area contributed by atoms with E-state index in [1.165, 1.54) is 0 Å².